The minimum atomic E-state index is -0.826. The van der Waals surface area contributed by atoms with Gasteiger partial charge in [-0.05, 0) is 31.6 Å². The summed E-state index contributed by atoms with van der Waals surface area (Å²) in [6.07, 6.45) is 5.38. The van der Waals surface area contributed by atoms with Gasteiger partial charge in [0, 0.05) is 19.0 Å². The summed E-state index contributed by atoms with van der Waals surface area (Å²) < 4.78 is 0. The first-order valence-electron chi connectivity index (χ1n) is 7.23. The Morgan fingerprint density at radius 1 is 1.45 bits per heavy atom. The minimum absolute atomic E-state index is 0.0291. The molecule has 0 saturated carbocycles. The van der Waals surface area contributed by atoms with Crippen molar-refractivity contribution in [2.45, 2.75) is 58.7 Å². The first-order valence-corrected chi connectivity index (χ1v) is 7.23. The average Bonchev–Trinajstić information content (AvgIpc) is 2.71. The highest BCUT2D eigenvalue weighted by molar-refractivity contribution is 5.75. The lowest BCUT2D eigenvalue weighted by Crippen LogP contribution is -2.51. The van der Waals surface area contributed by atoms with Crippen molar-refractivity contribution in [2.75, 3.05) is 0 Å². The van der Waals surface area contributed by atoms with Crippen LogP contribution in [0.15, 0.2) is 12.2 Å². The lowest BCUT2D eigenvalue weighted by Gasteiger charge is -2.29. The summed E-state index contributed by atoms with van der Waals surface area (Å²) in [4.78, 5) is 22.6. The molecule has 0 radical (unpaired) electrons. The lowest BCUT2D eigenvalue weighted by atomic mass is 9.88. The molecule has 0 aromatic heterocycles. The molecule has 5 heteroatoms. The molecule has 0 bridgehead atoms. The van der Waals surface area contributed by atoms with Gasteiger partial charge >= 0.3 is 5.97 Å². The largest absolute Gasteiger partial charge is 0.480 e. The van der Waals surface area contributed by atoms with Crippen LogP contribution in [-0.2, 0) is 9.59 Å². The summed E-state index contributed by atoms with van der Waals surface area (Å²) >= 11 is 0. The van der Waals surface area contributed by atoms with Gasteiger partial charge in [-0.3, -0.25) is 14.9 Å². The second-order valence-electron chi connectivity index (χ2n) is 5.95. The Morgan fingerprint density at radius 3 is 2.55 bits per heavy atom. The molecule has 3 N–H and O–H groups in total. The van der Waals surface area contributed by atoms with Gasteiger partial charge in [0.15, 0.2) is 0 Å². The molecule has 5 nitrogen and oxygen atoms in total. The van der Waals surface area contributed by atoms with Gasteiger partial charge in [-0.25, -0.2) is 0 Å². The number of rotatable bonds is 6. The maximum absolute atomic E-state index is 11.4. The quantitative estimate of drug-likeness (QED) is 0.646. The average molecular weight is 282 g/mol. The molecule has 0 aromatic rings. The van der Waals surface area contributed by atoms with Crippen LogP contribution in [-0.4, -0.2) is 35.1 Å². The van der Waals surface area contributed by atoms with E-state index in [1.165, 1.54) is 6.92 Å². The predicted octanol–water partition coefficient (Wildman–Crippen LogP) is 1.54. The molecule has 1 aliphatic rings. The number of carboxylic acids is 1. The van der Waals surface area contributed by atoms with E-state index in [1.807, 2.05) is 19.1 Å². The van der Waals surface area contributed by atoms with Crippen LogP contribution >= 0.6 is 0 Å². The molecule has 1 saturated heterocycles. The smallest absolute Gasteiger partial charge is 0.320 e. The molecule has 1 amide bonds. The van der Waals surface area contributed by atoms with Crippen LogP contribution in [0.4, 0.5) is 0 Å². The van der Waals surface area contributed by atoms with Gasteiger partial charge in [-0.15, -0.1) is 0 Å². The van der Waals surface area contributed by atoms with Gasteiger partial charge in [0.2, 0.25) is 5.91 Å². The van der Waals surface area contributed by atoms with Crippen molar-refractivity contribution in [3.8, 4) is 0 Å². The number of carbonyl (C=O) groups excluding carboxylic acids is 1. The van der Waals surface area contributed by atoms with E-state index < -0.39 is 12.0 Å². The molecule has 0 unspecified atom stereocenters. The summed E-state index contributed by atoms with van der Waals surface area (Å²) in [5.74, 6) is -0.330. The first kappa shape index (κ1) is 16.7. The highest BCUT2D eigenvalue weighted by Crippen LogP contribution is 2.27. The third kappa shape index (κ3) is 4.63. The normalized spacial score (nSPS) is 27.9. The predicted molar refractivity (Wildman–Crippen MR) is 78.3 cm³/mol. The third-order valence-corrected chi connectivity index (χ3v) is 3.65. The Kier molecular flexibility index (Phi) is 6.20. The van der Waals surface area contributed by atoms with Crippen molar-refractivity contribution in [1.82, 2.24) is 10.6 Å². The summed E-state index contributed by atoms with van der Waals surface area (Å²) in [5.41, 5.74) is 0. The van der Waals surface area contributed by atoms with Gasteiger partial charge in [0.25, 0.3) is 0 Å². The number of carbonyl (C=O) groups is 2. The Morgan fingerprint density at radius 2 is 2.10 bits per heavy atom. The van der Waals surface area contributed by atoms with Gasteiger partial charge in [0.05, 0.1) is 0 Å². The fourth-order valence-electron chi connectivity index (χ4n) is 2.94. The first-order chi connectivity index (χ1) is 9.35. The number of nitrogens with one attached hydrogen (secondary N) is 2. The molecule has 20 heavy (non-hydrogen) atoms. The van der Waals surface area contributed by atoms with Crippen LogP contribution in [0.3, 0.4) is 0 Å². The molecule has 1 heterocycles. The number of carboxylic acid groups (broad SMARTS) is 1. The van der Waals surface area contributed by atoms with Crippen LogP contribution in [0.5, 0.6) is 0 Å². The van der Waals surface area contributed by atoms with E-state index >= 15 is 0 Å². The molecular weight excluding hydrogens is 256 g/mol. The van der Waals surface area contributed by atoms with Crippen LogP contribution in [0.1, 0.15) is 40.5 Å². The van der Waals surface area contributed by atoms with E-state index in [2.05, 4.69) is 24.5 Å². The van der Waals surface area contributed by atoms with Crippen molar-refractivity contribution in [3.05, 3.63) is 12.2 Å². The van der Waals surface area contributed by atoms with Gasteiger partial charge in [-0.2, -0.15) is 0 Å². The summed E-state index contributed by atoms with van der Waals surface area (Å²) in [6.45, 7) is 7.63. The zero-order chi connectivity index (χ0) is 15.3. The van der Waals surface area contributed by atoms with Gasteiger partial charge < -0.3 is 10.4 Å². The number of aliphatic carboxylic acids is 1. The van der Waals surface area contributed by atoms with E-state index in [-0.39, 0.29) is 23.9 Å². The molecule has 0 aliphatic carbocycles. The Hall–Kier alpha value is -1.36. The monoisotopic (exact) mass is 282 g/mol. The Labute approximate surface area is 120 Å². The fourth-order valence-corrected chi connectivity index (χ4v) is 2.94. The van der Waals surface area contributed by atoms with Gasteiger partial charge in [0.1, 0.15) is 6.04 Å². The lowest BCUT2D eigenvalue weighted by molar-refractivity contribution is -0.139. The minimum Gasteiger partial charge on any atom is -0.480 e. The van der Waals surface area contributed by atoms with E-state index in [4.69, 9.17) is 0 Å². The highest BCUT2D eigenvalue weighted by atomic mass is 16.4. The Bertz CT molecular complexity index is 379. The maximum atomic E-state index is 11.4. The van der Waals surface area contributed by atoms with Crippen LogP contribution in [0.25, 0.3) is 0 Å². The summed E-state index contributed by atoms with van der Waals surface area (Å²) in [7, 11) is 0. The second-order valence-corrected chi connectivity index (χ2v) is 5.95. The van der Waals surface area contributed by atoms with Gasteiger partial charge in [-0.1, -0.05) is 26.0 Å². The van der Waals surface area contributed by atoms with Crippen molar-refractivity contribution in [1.29, 1.82) is 0 Å². The van der Waals surface area contributed by atoms with Crippen molar-refractivity contribution in [3.63, 3.8) is 0 Å². The van der Waals surface area contributed by atoms with E-state index in [1.54, 1.807) is 0 Å². The third-order valence-electron chi connectivity index (χ3n) is 3.65. The maximum Gasteiger partial charge on any atom is 0.320 e. The number of hydrogen-bond acceptors (Lipinski definition) is 3. The van der Waals surface area contributed by atoms with Crippen LogP contribution in [0, 0.1) is 11.8 Å². The second kappa shape index (κ2) is 7.43. The van der Waals surface area contributed by atoms with E-state index in [0.717, 1.165) is 6.42 Å². The molecule has 4 atom stereocenters. The van der Waals surface area contributed by atoms with Crippen molar-refractivity contribution < 1.29 is 14.7 Å². The van der Waals surface area contributed by atoms with Crippen LogP contribution in [0.2, 0.25) is 0 Å². The molecule has 1 aliphatic heterocycles. The van der Waals surface area contributed by atoms with Crippen molar-refractivity contribution in [2.24, 2.45) is 11.8 Å². The fraction of sp³-hybridized carbons (Fsp3) is 0.733. The summed E-state index contributed by atoms with van der Waals surface area (Å²) in [5, 5.41) is 15.3. The zero-order valence-corrected chi connectivity index (χ0v) is 12.7. The standard InChI is InChI=1S/C15H26N2O3/c1-5-6-11-8-13(15(19)20)17-14(11)12(7-9(2)3)16-10(4)18/h5-6,9,11-14,17H,7-8H2,1-4H3,(H,16,18)(H,19,20)/b6-5-/t11-,12+,13-,14-/m1/s1. The number of allylic oxidation sites excluding steroid dienone is 1. The molecule has 114 valence electrons. The Balaban J connectivity index is 2.89. The topological polar surface area (TPSA) is 78.4 Å². The molecule has 0 aromatic carbocycles. The molecule has 1 fully saturated rings. The van der Waals surface area contributed by atoms with Crippen LogP contribution < -0.4 is 10.6 Å². The highest BCUT2D eigenvalue weighted by Gasteiger charge is 2.40. The number of amides is 1. The molecule has 1 rings (SSSR count). The molecule has 0 spiro atoms. The zero-order valence-electron chi connectivity index (χ0n) is 12.7. The summed E-state index contributed by atoms with van der Waals surface area (Å²) in [6, 6.07) is -0.610. The van der Waals surface area contributed by atoms with E-state index in [9.17, 15) is 14.7 Å². The SMILES string of the molecule is C/C=C\[C@@H]1C[C@H](C(=O)O)N[C@H]1[C@H](CC(C)C)NC(C)=O. The number of hydrogen-bond donors (Lipinski definition) is 3. The molecular formula is C15H26N2O3. The van der Waals surface area contributed by atoms with Crippen molar-refractivity contribution >= 4 is 11.9 Å². The van der Waals surface area contributed by atoms with E-state index in [0.29, 0.717) is 12.3 Å².